The van der Waals surface area contributed by atoms with Crippen LogP contribution in [0.25, 0.3) is 0 Å². The highest BCUT2D eigenvalue weighted by Gasteiger charge is 2.32. The van der Waals surface area contributed by atoms with E-state index in [1.54, 1.807) is 12.1 Å². The van der Waals surface area contributed by atoms with Gasteiger partial charge in [0.05, 0.1) is 0 Å². The lowest BCUT2D eigenvalue weighted by atomic mass is 10.1. The summed E-state index contributed by atoms with van der Waals surface area (Å²) in [4.78, 5) is 16.6. The molecule has 0 atom stereocenters. The molecule has 1 aliphatic carbocycles. The van der Waals surface area contributed by atoms with E-state index in [-0.39, 0.29) is 11.8 Å². The molecule has 2 amide bonds. The Labute approximate surface area is 154 Å². The van der Waals surface area contributed by atoms with Crippen molar-refractivity contribution < 1.29 is 9.18 Å². The van der Waals surface area contributed by atoms with Gasteiger partial charge in [-0.25, -0.2) is 9.18 Å². The van der Waals surface area contributed by atoms with Gasteiger partial charge in [0, 0.05) is 25.7 Å². The summed E-state index contributed by atoms with van der Waals surface area (Å²) in [7, 11) is 4.09. The molecule has 0 saturated heterocycles. The van der Waals surface area contributed by atoms with Gasteiger partial charge in [-0.15, -0.1) is 0 Å². The average molecular weight is 355 g/mol. The summed E-state index contributed by atoms with van der Waals surface area (Å²) in [6.07, 6.45) is 2.07. The maximum atomic E-state index is 13.1. The maximum Gasteiger partial charge on any atom is 0.318 e. The number of carbonyl (C=O) groups is 1. The van der Waals surface area contributed by atoms with Crippen molar-refractivity contribution in [1.82, 2.24) is 15.1 Å². The van der Waals surface area contributed by atoms with Crippen molar-refractivity contribution in [1.29, 1.82) is 0 Å². The smallest absolute Gasteiger partial charge is 0.318 e. The second-order valence-electron chi connectivity index (χ2n) is 7.20. The van der Waals surface area contributed by atoms with Crippen LogP contribution in [0.3, 0.4) is 0 Å². The fourth-order valence-corrected chi connectivity index (χ4v) is 2.95. The van der Waals surface area contributed by atoms with Crippen LogP contribution in [-0.4, -0.2) is 36.0 Å². The van der Waals surface area contributed by atoms with Crippen molar-refractivity contribution in [3.63, 3.8) is 0 Å². The number of nitrogens with one attached hydrogen (secondary N) is 1. The molecule has 1 saturated carbocycles. The Morgan fingerprint density at radius 3 is 2.08 bits per heavy atom. The molecule has 0 spiro atoms. The molecule has 4 nitrogen and oxygen atoms in total. The second-order valence-corrected chi connectivity index (χ2v) is 7.20. The van der Waals surface area contributed by atoms with Crippen molar-refractivity contribution in [2.45, 2.75) is 38.5 Å². The van der Waals surface area contributed by atoms with E-state index in [0.717, 1.165) is 30.5 Å². The molecule has 138 valence electrons. The maximum absolute atomic E-state index is 13.1. The Balaban J connectivity index is 1.55. The number of nitrogens with zero attached hydrogens (tertiary/aromatic N) is 2. The van der Waals surface area contributed by atoms with Crippen molar-refractivity contribution >= 4 is 6.03 Å². The van der Waals surface area contributed by atoms with Gasteiger partial charge in [-0.1, -0.05) is 36.4 Å². The summed E-state index contributed by atoms with van der Waals surface area (Å²) in [5.74, 6) is -0.256. The molecule has 0 heterocycles. The summed E-state index contributed by atoms with van der Waals surface area (Å²) >= 11 is 0. The van der Waals surface area contributed by atoms with Gasteiger partial charge in [0.25, 0.3) is 0 Å². The standard InChI is InChI=1S/C21H26FN3O/c1-24(2)14-17-5-3-16(4-6-17)13-23-21(26)25(20-11-12-20)15-18-7-9-19(22)10-8-18/h3-10,20H,11-15H2,1-2H3,(H,23,26). The van der Waals surface area contributed by atoms with Gasteiger partial charge in [0.2, 0.25) is 0 Å². The molecule has 1 N–H and O–H groups in total. The van der Waals surface area contributed by atoms with E-state index in [2.05, 4.69) is 34.5 Å². The molecular formula is C21H26FN3O. The normalized spacial score (nSPS) is 13.7. The van der Waals surface area contributed by atoms with Crippen molar-refractivity contribution in [3.05, 3.63) is 71.0 Å². The first kappa shape index (κ1) is 18.4. The first-order valence-electron chi connectivity index (χ1n) is 9.03. The number of hydrogen-bond donors (Lipinski definition) is 1. The largest absolute Gasteiger partial charge is 0.334 e. The third kappa shape index (κ3) is 5.30. The van der Waals surface area contributed by atoms with Crippen LogP contribution in [0.2, 0.25) is 0 Å². The molecule has 2 aromatic carbocycles. The van der Waals surface area contributed by atoms with E-state index in [4.69, 9.17) is 0 Å². The predicted octanol–water partition coefficient (Wildman–Crippen LogP) is 3.76. The summed E-state index contributed by atoms with van der Waals surface area (Å²) in [6, 6.07) is 14.9. The van der Waals surface area contributed by atoms with E-state index < -0.39 is 0 Å². The quantitative estimate of drug-likeness (QED) is 0.821. The first-order chi connectivity index (χ1) is 12.5. The lowest BCUT2D eigenvalue weighted by Gasteiger charge is -2.23. The Morgan fingerprint density at radius 1 is 0.962 bits per heavy atom. The minimum Gasteiger partial charge on any atom is -0.334 e. The summed E-state index contributed by atoms with van der Waals surface area (Å²) in [5.41, 5.74) is 3.28. The van der Waals surface area contributed by atoms with Crippen LogP contribution in [0.4, 0.5) is 9.18 Å². The summed E-state index contributed by atoms with van der Waals surface area (Å²) in [5, 5.41) is 3.01. The van der Waals surface area contributed by atoms with Crippen LogP contribution in [0, 0.1) is 5.82 Å². The summed E-state index contributed by atoms with van der Waals surface area (Å²) < 4.78 is 13.1. The number of carbonyl (C=O) groups excluding carboxylic acids is 1. The number of rotatable bonds is 7. The van der Waals surface area contributed by atoms with Gasteiger partial charge in [0.1, 0.15) is 5.82 Å². The van der Waals surface area contributed by atoms with Crippen molar-refractivity contribution in [2.75, 3.05) is 14.1 Å². The monoisotopic (exact) mass is 355 g/mol. The van der Waals surface area contributed by atoms with Gasteiger partial charge in [-0.3, -0.25) is 0 Å². The number of urea groups is 1. The van der Waals surface area contributed by atoms with E-state index in [1.165, 1.54) is 17.7 Å². The molecule has 1 fully saturated rings. The minimum absolute atomic E-state index is 0.0609. The van der Waals surface area contributed by atoms with Crippen molar-refractivity contribution in [3.8, 4) is 0 Å². The zero-order valence-electron chi connectivity index (χ0n) is 15.4. The SMILES string of the molecule is CN(C)Cc1ccc(CNC(=O)N(Cc2ccc(F)cc2)C2CC2)cc1. The van der Waals surface area contributed by atoms with Gasteiger partial charge in [-0.05, 0) is 55.8 Å². The van der Waals surface area contributed by atoms with E-state index in [1.807, 2.05) is 19.0 Å². The average Bonchev–Trinajstić information content (AvgIpc) is 3.45. The topological polar surface area (TPSA) is 35.6 Å². The number of hydrogen-bond acceptors (Lipinski definition) is 2. The first-order valence-corrected chi connectivity index (χ1v) is 9.03. The molecule has 1 aliphatic rings. The Hall–Kier alpha value is -2.40. The fraction of sp³-hybridized carbons (Fsp3) is 0.381. The molecule has 0 bridgehead atoms. The third-order valence-corrected chi connectivity index (χ3v) is 4.48. The molecule has 2 aromatic rings. The predicted molar refractivity (Wildman–Crippen MR) is 101 cm³/mol. The molecule has 0 aromatic heterocycles. The third-order valence-electron chi connectivity index (χ3n) is 4.48. The van der Waals surface area contributed by atoms with E-state index >= 15 is 0 Å². The van der Waals surface area contributed by atoms with Gasteiger partial charge in [0.15, 0.2) is 0 Å². The zero-order valence-corrected chi connectivity index (χ0v) is 15.4. The highest BCUT2D eigenvalue weighted by Crippen LogP contribution is 2.28. The van der Waals surface area contributed by atoms with Crippen LogP contribution in [-0.2, 0) is 19.6 Å². The molecule has 5 heteroatoms. The van der Waals surface area contributed by atoms with E-state index in [0.29, 0.717) is 19.1 Å². The Kier molecular flexibility index (Phi) is 5.89. The molecule has 0 aliphatic heterocycles. The number of benzene rings is 2. The van der Waals surface area contributed by atoms with Gasteiger partial charge < -0.3 is 15.1 Å². The highest BCUT2D eigenvalue weighted by molar-refractivity contribution is 5.75. The zero-order chi connectivity index (χ0) is 18.5. The molecular weight excluding hydrogens is 329 g/mol. The summed E-state index contributed by atoms with van der Waals surface area (Å²) in [6.45, 7) is 1.92. The Bertz CT molecular complexity index is 724. The number of amides is 2. The lowest BCUT2D eigenvalue weighted by Crippen LogP contribution is -2.40. The van der Waals surface area contributed by atoms with Crippen LogP contribution >= 0.6 is 0 Å². The van der Waals surface area contributed by atoms with Crippen LogP contribution in [0.5, 0.6) is 0 Å². The van der Waals surface area contributed by atoms with Crippen LogP contribution < -0.4 is 5.32 Å². The van der Waals surface area contributed by atoms with Crippen LogP contribution in [0.15, 0.2) is 48.5 Å². The molecule has 26 heavy (non-hydrogen) atoms. The van der Waals surface area contributed by atoms with E-state index in [9.17, 15) is 9.18 Å². The van der Waals surface area contributed by atoms with Gasteiger partial charge in [-0.2, -0.15) is 0 Å². The minimum atomic E-state index is -0.256. The number of halogens is 1. The highest BCUT2D eigenvalue weighted by atomic mass is 19.1. The van der Waals surface area contributed by atoms with Crippen molar-refractivity contribution in [2.24, 2.45) is 0 Å². The Morgan fingerprint density at radius 2 is 1.50 bits per heavy atom. The molecule has 3 rings (SSSR count). The van der Waals surface area contributed by atoms with Crippen LogP contribution in [0.1, 0.15) is 29.5 Å². The van der Waals surface area contributed by atoms with Gasteiger partial charge >= 0.3 is 6.03 Å². The lowest BCUT2D eigenvalue weighted by molar-refractivity contribution is 0.191. The molecule has 0 radical (unpaired) electrons. The fourth-order valence-electron chi connectivity index (χ4n) is 2.95. The second kappa shape index (κ2) is 8.32. The molecule has 0 unspecified atom stereocenters.